The molecule has 0 fully saturated rings. The summed E-state index contributed by atoms with van der Waals surface area (Å²) in [5.74, 6) is -0.757. The highest BCUT2D eigenvalue weighted by atomic mass is 16.2. The zero-order valence-corrected chi connectivity index (χ0v) is 6.86. The Morgan fingerprint density at radius 3 is 3.15 bits per heavy atom. The van der Waals surface area contributed by atoms with Crippen LogP contribution in [0.2, 0.25) is 0 Å². The molecule has 1 atom stereocenters. The maximum Gasteiger partial charge on any atom is 0.268 e. The van der Waals surface area contributed by atoms with Crippen molar-refractivity contribution >= 4 is 11.8 Å². The number of carbonyl (C=O) groups excluding carboxylic acids is 2. The number of nitrogens with one attached hydrogen (secondary N) is 1. The largest absolute Gasteiger partial charge is 0.368 e. The number of nitrogens with two attached hydrogens (primary N) is 1. The van der Waals surface area contributed by atoms with Crippen molar-refractivity contribution in [3.63, 3.8) is 0 Å². The highest BCUT2D eigenvalue weighted by molar-refractivity contribution is 5.97. The van der Waals surface area contributed by atoms with Gasteiger partial charge in [-0.3, -0.25) is 9.59 Å². The number of hydrogen-bond donors (Lipinski definition) is 2. The number of nitrogens with zero attached hydrogens (tertiary/aromatic N) is 1. The van der Waals surface area contributed by atoms with Crippen LogP contribution in [0, 0.1) is 0 Å². The highest BCUT2D eigenvalue weighted by Gasteiger charge is 2.26. The Labute approximate surface area is 74.5 Å². The van der Waals surface area contributed by atoms with Crippen LogP contribution in [0.3, 0.4) is 0 Å². The van der Waals surface area contributed by atoms with E-state index in [0.29, 0.717) is 12.2 Å². The van der Waals surface area contributed by atoms with Gasteiger partial charge < -0.3 is 15.6 Å². The van der Waals surface area contributed by atoms with Crippen LogP contribution in [0.25, 0.3) is 0 Å². The first-order valence-electron chi connectivity index (χ1n) is 3.94. The minimum atomic E-state index is -0.590. The molecule has 0 aromatic carbocycles. The monoisotopic (exact) mass is 179 g/mol. The van der Waals surface area contributed by atoms with Gasteiger partial charge in [-0.25, -0.2) is 0 Å². The number of aromatic nitrogens is 1. The fourth-order valence-corrected chi connectivity index (χ4v) is 1.42. The van der Waals surface area contributed by atoms with E-state index in [2.05, 4.69) is 5.32 Å². The van der Waals surface area contributed by atoms with Crippen molar-refractivity contribution in [1.29, 1.82) is 0 Å². The number of primary amides is 1. The maximum atomic E-state index is 11.3. The molecule has 0 aliphatic carbocycles. The van der Waals surface area contributed by atoms with E-state index in [4.69, 9.17) is 5.73 Å². The lowest BCUT2D eigenvalue weighted by Crippen LogP contribution is -2.51. The Morgan fingerprint density at radius 1 is 1.69 bits per heavy atom. The second-order valence-electron chi connectivity index (χ2n) is 2.97. The summed E-state index contributed by atoms with van der Waals surface area (Å²) in [7, 11) is 0. The zero-order chi connectivity index (χ0) is 9.42. The van der Waals surface area contributed by atoms with Crippen LogP contribution in [0.5, 0.6) is 0 Å². The van der Waals surface area contributed by atoms with Crippen LogP contribution in [-0.4, -0.2) is 22.4 Å². The van der Waals surface area contributed by atoms with Gasteiger partial charge >= 0.3 is 0 Å². The topological polar surface area (TPSA) is 77.1 Å². The van der Waals surface area contributed by atoms with Crippen LogP contribution in [-0.2, 0) is 11.3 Å². The number of amides is 2. The molecule has 0 saturated carbocycles. The first-order chi connectivity index (χ1) is 6.18. The summed E-state index contributed by atoms with van der Waals surface area (Å²) in [4.78, 5) is 22.1. The Hall–Kier alpha value is -1.78. The number of fused-ring (bicyclic) bond motifs is 1. The van der Waals surface area contributed by atoms with Crippen LogP contribution >= 0.6 is 0 Å². The second kappa shape index (κ2) is 2.62. The molecule has 1 aromatic rings. The molecule has 2 heterocycles. The summed E-state index contributed by atoms with van der Waals surface area (Å²) in [5, 5.41) is 2.52. The molecule has 0 saturated heterocycles. The molecule has 68 valence electrons. The van der Waals surface area contributed by atoms with E-state index < -0.39 is 11.9 Å². The van der Waals surface area contributed by atoms with Crippen molar-refractivity contribution in [1.82, 2.24) is 9.88 Å². The van der Waals surface area contributed by atoms with Crippen molar-refractivity contribution in [3.05, 3.63) is 24.0 Å². The molecule has 2 amide bonds. The number of rotatable bonds is 1. The predicted molar refractivity (Wildman–Crippen MR) is 44.9 cm³/mol. The van der Waals surface area contributed by atoms with Crippen molar-refractivity contribution in [2.75, 3.05) is 0 Å². The van der Waals surface area contributed by atoms with Gasteiger partial charge in [0, 0.05) is 6.20 Å². The van der Waals surface area contributed by atoms with Crippen molar-refractivity contribution in [2.45, 2.75) is 12.6 Å². The molecule has 2 rings (SSSR count). The van der Waals surface area contributed by atoms with E-state index in [1.165, 1.54) is 0 Å². The Balaban J connectivity index is 2.34. The Bertz CT molecular complexity index is 369. The molecule has 1 aliphatic heterocycles. The second-order valence-corrected chi connectivity index (χ2v) is 2.97. The Kier molecular flexibility index (Phi) is 1.58. The molecule has 1 aliphatic rings. The van der Waals surface area contributed by atoms with Crippen LogP contribution in [0.1, 0.15) is 10.5 Å². The summed E-state index contributed by atoms with van der Waals surface area (Å²) in [6.07, 6.45) is 1.75. The molecule has 5 nitrogen and oxygen atoms in total. The lowest BCUT2D eigenvalue weighted by Gasteiger charge is -2.22. The van der Waals surface area contributed by atoms with Gasteiger partial charge in [0.1, 0.15) is 11.7 Å². The third-order valence-electron chi connectivity index (χ3n) is 2.09. The average Bonchev–Trinajstić information content (AvgIpc) is 2.51. The molecule has 5 heteroatoms. The van der Waals surface area contributed by atoms with Gasteiger partial charge in [0.25, 0.3) is 5.91 Å². The van der Waals surface area contributed by atoms with E-state index in [-0.39, 0.29) is 5.91 Å². The molecular weight excluding hydrogens is 170 g/mol. The fourth-order valence-electron chi connectivity index (χ4n) is 1.42. The standard InChI is InChI=1S/C8H9N3O2/c9-7(12)5-4-11-3-1-2-6(11)8(13)10-5/h1-3,5H,4H2,(H2,9,12)(H,10,13). The number of carbonyl (C=O) groups is 2. The molecule has 3 N–H and O–H groups in total. The highest BCUT2D eigenvalue weighted by Crippen LogP contribution is 2.09. The van der Waals surface area contributed by atoms with Crippen LogP contribution in [0.4, 0.5) is 0 Å². The maximum absolute atomic E-state index is 11.3. The van der Waals surface area contributed by atoms with Gasteiger partial charge in [0.05, 0.1) is 6.54 Å². The predicted octanol–water partition coefficient (Wildman–Crippen LogP) is -0.915. The van der Waals surface area contributed by atoms with Crippen molar-refractivity contribution in [2.24, 2.45) is 5.73 Å². The first-order valence-corrected chi connectivity index (χ1v) is 3.94. The molecule has 13 heavy (non-hydrogen) atoms. The van der Waals surface area contributed by atoms with Crippen molar-refractivity contribution in [3.8, 4) is 0 Å². The van der Waals surface area contributed by atoms with Gasteiger partial charge in [-0.15, -0.1) is 0 Å². The van der Waals surface area contributed by atoms with E-state index in [0.717, 1.165) is 0 Å². The summed E-state index contributed by atoms with van der Waals surface area (Å²) >= 11 is 0. The van der Waals surface area contributed by atoms with Gasteiger partial charge in [-0.2, -0.15) is 0 Å². The van der Waals surface area contributed by atoms with E-state index in [1.807, 2.05) is 0 Å². The zero-order valence-electron chi connectivity index (χ0n) is 6.86. The number of hydrogen-bond acceptors (Lipinski definition) is 2. The SMILES string of the molecule is NC(=O)C1Cn2cccc2C(=O)N1. The third kappa shape index (κ3) is 1.18. The molecule has 1 aromatic heterocycles. The molecular formula is C8H9N3O2. The van der Waals surface area contributed by atoms with Gasteiger partial charge in [-0.05, 0) is 12.1 Å². The summed E-state index contributed by atoms with van der Waals surface area (Å²) in [5.41, 5.74) is 5.66. The smallest absolute Gasteiger partial charge is 0.268 e. The quantitative estimate of drug-likeness (QED) is 0.585. The molecule has 0 spiro atoms. The van der Waals surface area contributed by atoms with Crippen LogP contribution < -0.4 is 11.1 Å². The fraction of sp³-hybridized carbons (Fsp3) is 0.250. The summed E-state index contributed by atoms with van der Waals surface area (Å²) in [6.45, 7) is 0.420. The molecule has 1 unspecified atom stereocenters. The molecule has 0 radical (unpaired) electrons. The average molecular weight is 179 g/mol. The van der Waals surface area contributed by atoms with E-state index >= 15 is 0 Å². The van der Waals surface area contributed by atoms with Gasteiger partial charge in [-0.1, -0.05) is 0 Å². The minimum Gasteiger partial charge on any atom is -0.368 e. The summed E-state index contributed by atoms with van der Waals surface area (Å²) < 4.78 is 1.72. The van der Waals surface area contributed by atoms with Crippen LogP contribution in [0.15, 0.2) is 18.3 Å². The first kappa shape index (κ1) is 7.85. The van der Waals surface area contributed by atoms with E-state index in [9.17, 15) is 9.59 Å². The molecule has 0 bridgehead atoms. The lowest BCUT2D eigenvalue weighted by atomic mass is 10.2. The Morgan fingerprint density at radius 2 is 2.46 bits per heavy atom. The normalized spacial score (nSPS) is 20.6. The van der Waals surface area contributed by atoms with Crippen molar-refractivity contribution < 1.29 is 9.59 Å². The van der Waals surface area contributed by atoms with E-state index in [1.54, 1.807) is 22.9 Å². The third-order valence-corrected chi connectivity index (χ3v) is 2.09. The van der Waals surface area contributed by atoms with Gasteiger partial charge in [0.2, 0.25) is 5.91 Å². The van der Waals surface area contributed by atoms with Gasteiger partial charge in [0.15, 0.2) is 0 Å². The minimum absolute atomic E-state index is 0.250. The summed E-state index contributed by atoms with van der Waals surface area (Å²) in [6, 6.07) is 2.87. The lowest BCUT2D eigenvalue weighted by molar-refractivity contribution is -0.120.